The SMILES string of the molecule is CC1(CN)CCN(c2cnc3c(-c4ccc(Cl)cc4)[nH]nc3n2)CC1. The Morgan fingerprint density at radius 1 is 1.24 bits per heavy atom. The van der Waals surface area contributed by atoms with E-state index in [1.54, 1.807) is 0 Å². The first-order chi connectivity index (χ1) is 12.1. The second-order valence-electron chi connectivity index (χ2n) is 7.01. The van der Waals surface area contributed by atoms with Crippen molar-refractivity contribution in [3.05, 3.63) is 35.5 Å². The summed E-state index contributed by atoms with van der Waals surface area (Å²) in [5.74, 6) is 0.876. The van der Waals surface area contributed by atoms with Crippen molar-refractivity contribution >= 4 is 28.6 Å². The van der Waals surface area contributed by atoms with Crippen LogP contribution in [0, 0.1) is 5.41 Å². The van der Waals surface area contributed by atoms with Crippen LogP contribution < -0.4 is 10.6 Å². The molecule has 1 aromatic carbocycles. The van der Waals surface area contributed by atoms with Gasteiger partial charge in [0.05, 0.1) is 11.9 Å². The molecule has 3 heterocycles. The Balaban J connectivity index is 1.61. The second-order valence-corrected chi connectivity index (χ2v) is 7.44. The number of aromatic nitrogens is 4. The fourth-order valence-electron chi connectivity index (χ4n) is 3.24. The molecule has 1 fully saturated rings. The maximum Gasteiger partial charge on any atom is 0.202 e. The monoisotopic (exact) mass is 356 g/mol. The third-order valence-electron chi connectivity index (χ3n) is 5.17. The van der Waals surface area contributed by atoms with Gasteiger partial charge < -0.3 is 10.6 Å². The van der Waals surface area contributed by atoms with Crippen LogP contribution in [-0.2, 0) is 0 Å². The normalized spacial score (nSPS) is 17.2. The zero-order valence-electron chi connectivity index (χ0n) is 14.2. The van der Waals surface area contributed by atoms with Crippen molar-refractivity contribution in [3.63, 3.8) is 0 Å². The third-order valence-corrected chi connectivity index (χ3v) is 5.42. The van der Waals surface area contributed by atoms with Gasteiger partial charge in [0.15, 0.2) is 0 Å². The zero-order valence-corrected chi connectivity index (χ0v) is 14.9. The molecule has 0 bridgehead atoms. The van der Waals surface area contributed by atoms with Gasteiger partial charge in [0.2, 0.25) is 5.65 Å². The summed E-state index contributed by atoms with van der Waals surface area (Å²) in [5, 5.41) is 8.09. The summed E-state index contributed by atoms with van der Waals surface area (Å²) < 4.78 is 0. The molecule has 3 N–H and O–H groups in total. The molecule has 0 amide bonds. The molecule has 0 aliphatic carbocycles. The van der Waals surface area contributed by atoms with E-state index in [1.807, 2.05) is 30.5 Å². The minimum atomic E-state index is 0.238. The minimum Gasteiger partial charge on any atom is -0.355 e. The Morgan fingerprint density at radius 3 is 2.64 bits per heavy atom. The van der Waals surface area contributed by atoms with Crippen molar-refractivity contribution in [3.8, 4) is 11.3 Å². The lowest BCUT2D eigenvalue weighted by Crippen LogP contribution is -2.42. The summed E-state index contributed by atoms with van der Waals surface area (Å²) in [6.07, 6.45) is 3.97. The highest BCUT2D eigenvalue weighted by Crippen LogP contribution is 2.32. The second kappa shape index (κ2) is 6.28. The topological polar surface area (TPSA) is 83.7 Å². The lowest BCUT2D eigenvalue weighted by molar-refractivity contribution is 0.258. The van der Waals surface area contributed by atoms with Gasteiger partial charge >= 0.3 is 0 Å². The Labute approximate surface area is 151 Å². The van der Waals surface area contributed by atoms with Crippen molar-refractivity contribution in [1.29, 1.82) is 0 Å². The molecule has 0 unspecified atom stereocenters. The van der Waals surface area contributed by atoms with E-state index in [4.69, 9.17) is 22.3 Å². The number of anilines is 1. The molecule has 7 heteroatoms. The molecule has 0 atom stereocenters. The predicted octanol–water partition coefficient (Wildman–Crippen LogP) is 3.24. The highest BCUT2D eigenvalue weighted by atomic mass is 35.5. The first-order valence-corrected chi connectivity index (χ1v) is 8.88. The van der Waals surface area contributed by atoms with Crippen LogP contribution in [0.3, 0.4) is 0 Å². The molecule has 0 radical (unpaired) electrons. The number of fused-ring (bicyclic) bond motifs is 1. The summed E-state index contributed by atoms with van der Waals surface area (Å²) >= 11 is 5.96. The largest absolute Gasteiger partial charge is 0.355 e. The molecule has 130 valence electrons. The number of hydrogen-bond donors (Lipinski definition) is 2. The van der Waals surface area contributed by atoms with E-state index in [1.165, 1.54) is 0 Å². The number of nitrogens with two attached hydrogens (primary N) is 1. The van der Waals surface area contributed by atoms with Gasteiger partial charge in [-0.1, -0.05) is 30.7 Å². The lowest BCUT2D eigenvalue weighted by atomic mass is 9.80. The maximum absolute atomic E-state index is 5.96. The summed E-state index contributed by atoms with van der Waals surface area (Å²) in [6.45, 7) is 4.88. The van der Waals surface area contributed by atoms with Crippen LogP contribution in [0.4, 0.5) is 5.82 Å². The van der Waals surface area contributed by atoms with Gasteiger partial charge in [-0.05, 0) is 36.9 Å². The first kappa shape index (κ1) is 16.3. The van der Waals surface area contributed by atoms with E-state index in [0.29, 0.717) is 10.7 Å². The van der Waals surface area contributed by atoms with Gasteiger partial charge in [0, 0.05) is 23.7 Å². The highest BCUT2D eigenvalue weighted by molar-refractivity contribution is 6.30. The van der Waals surface area contributed by atoms with E-state index in [2.05, 4.69) is 27.0 Å². The summed E-state index contributed by atoms with van der Waals surface area (Å²) in [4.78, 5) is 11.6. The highest BCUT2D eigenvalue weighted by Gasteiger charge is 2.29. The fraction of sp³-hybridized carbons (Fsp3) is 0.389. The first-order valence-electron chi connectivity index (χ1n) is 8.50. The molecule has 1 aliphatic rings. The van der Waals surface area contributed by atoms with Crippen LogP contribution in [0.15, 0.2) is 30.5 Å². The summed E-state index contributed by atoms with van der Waals surface area (Å²) in [6, 6.07) is 7.60. The minimum absolute atomic E-state index is 0.238. The molecular formula is C18H21ClN6. The number of nitrogens with zero attached hydrogens (tertiary/aromatic N) is 4. The van der Waals surface area contributed by atoms with Gasteiger partial charge in [0.1, 0.15) is 11.3 Å². The van der Waals surface area contributed by atoms with Gasteiger partial charge in [-0.2, -0.15) is 5.10 Å². The Morgan fingerprint density at radius 2 is 1.96 bits per heavy atom. The van der Waals surface area contributed by atoms with Gasteiger partial charge in [-0.25, -0.2) is 9.97 Å². The molecule has 1 saturated heterocycles. The predicted molar refractivity (Wildman–Crippen MR) is 101 cm³/mol. The van der Waals surface area contributed by atoms with Crippen molar-refractivity contribution < 1.29 is 0 Å². The molecular weight excluding hydrogens is 336 g/mol. The van der Waals surface area contributed by atoms with Crippen molar-refractivity contribution in [2.45, 2.75) is 19.8 Å². The molecule has 2 aromatic heterocycles. The fourth-order valence-corrected chi connectivity index (χ4v) is 3.36. The summed E-state index contributed by atoms with van der Waals surface area (Å²) in [5.41, 5.74) is 9.39. The van der Waals surface area contributed by atoms with Gasteiger partial charge in [-0.3, -0.25) is 5.10 Å². The third kappa shape index (κ3) is 3.07. The van der Waals surface area contributed by atoms with Crippen molar-refractivity contribution in [2.75, 3.05) is 24.5 Å². The summed E-state index contributed by atoms with van der Waals surface area (Å²) in [7, 11) is 0. The Hall–Kier alpha value is -2.18. The molecule has 0 spiro atoms. The standard InChI is InChI=1S/C18H21ClN6/c1-18(11-20)6-8-25(9-7-18)14-10-21-16-15(23-24-17(16)22-14)12-2-4-13(19)5-3-12/h2-5,10H,6-9,11,20H2,1H3,(H,22,23,24). The van der Waals surface area contributed by atoms with E-state index < -0.39 is 0 Å². The van der Waals surface area contributed by atoms with Crippen LogP contribution in [-0.4, -0.2) is 39.8 Å². The van der Waals surface area contributed by atoms with E-state index in [-0.39, 0.29) is 5.41 Å². The van der Waals surface area contributed by atoms with Gasteiger partial charge in [-0.15, -0.1) is 0 Å². The number of benzene rings is 1. The van der Waals surface area contributed by atoms with E-state index in [9.17, 15) is 0 Å². The van der Waals surface area contributed by atoms with Crippen molar-refractivity contribution in [2.24, 2.45) is 11.1 Å². The zero-order chi connectivity index (χ0) is 17.4. The maximum atomic E-state index is 5.96. The van der Waals surface area contributed by atoms with Crippen LogP contribution >= 0.6 is 11.6 Å². The number of nitrogens with one attached hydrogen (secondary N) is 1. The van der Waals surface area contributed by atoms with E-state index in [0.717, 1.165) is 55.1 Å². The quantitative estimate of drug-likeness (QED) is 0.752. The van der Waals surface area contributed by atoms with Crippen LogP contribution in [0.5, 0.6) is 0 Å². The van der Waals surface area contributed by atoms with Crippen molar-refractivity contribution in [1.82, 2.24) is 20.2 Å². The molecule has 3 aromatic rings. The molecule has 0 saturated carbocycles. The average molecular weight is 357 g/mol. The number of halogens is 1. The average Bonchev–Trinajstić information content (AvgIpc) is 3.06. The van der Waals surface area contributed by atoms with Gasteiger partial charge in [0.25, 0.3) is 0 Å². The van der Waals surface area contributed by atoms with Crippen LogP contribution in [0.1, 0.15) is 19.8 Å². The number of piperidine rings is 1. The number of hydrogen-bond acceptors (Lipinski definition) is 5. The smallest absolute Gasteiger partial charge is 0.202 e. The van der Waals surface area contributed by atoms with Crippen LogP contribution in [0.2, 0.25) is 5.02 Å². The molecule has 6 nitrogen and oxygen atoms in total. The molecule has 25 heavy (non-hydrogen) atoms. The lowest BCUT2D eigenvalue weighted by Gasteiger charge is -2.39. The number of aromatic amines is 1. The Kier molecular flexibility index (Phi) is 4.09. The number of rotatable bonds is 3. The molecule has 1 aliphatic heterocycles. The Bertz CT molecular complexity index is 880. The number of H-pyrrole nitrogens is 1. The van der Waals surface area contributed by atoms with Crippen LogP contribution in [0.25, 0.3) is 22.4 Å². The molecule has 4 rings (SSSR count). The van der Waals surface area contributed by atoms with E-state index >= 15 is 0 Å².